The summed E-state index contributed by atoms with van der Waals surface area (Å²) in [6.45, 7) is 1.57. The Morgan fingerprint density at radius 2 is 1.84 bits per heavy atom. The lowest BCUT2D eigenvalue weighted by atomic mass is 10.2. The minimum Gasteiger partial charge on any atom is -0.475 e. The first-order valence-electron chi connectivity index (χ1n) is 7.32. The average molecular weight is 347 g/mol. The molecule has 1 aromatic carbocycles. The van der Waals surface area contributed by atoms with Crippen LogP contribution in [0.15, 0.2) is 30.5 Å². The molecule has 2 N–H and O–H groups in total. The van der Waals surface area contributed by atoms with Crippen LogP contribution in [-0.4, -0.2) is 33.6 Å². The quantitative estimate of drug-likeness (QED) is 0.580. The van der Waals surface area contributed by atoms with Crippen molar-refractivity contribution in [1.29, 1.82) is 0 Å². The Bertz CT molecular complexity index is 784. The molecule has 0 aliphatic carbocycles. The van der Waals surface area contributed by atoms with E-state index < -0.39 is 4.92 Å². The van der Waals surface area contributed by atoms with E-state index in [1.165, 1.54) is 24.9 Å². The molecule has 132 valence electrons. The lowest BCUT2D eigenvalue weighted by molar-refractivity contribution is -0.385. The van der Waals surface area contributed by atoms with Gasteiger partial charge >= 0.3 is 11.6 Å². The molecule has 0 radical (unpaired) electrons. The van der Waals surface area contributed by atoms with Gasteiger partial charge in [-0.2, -0.15) is 0 Å². The van der Waals surface area contributed by atoms with Gasteiger partial charge in [0.05, 0.1) is 18.6 Å². The summed E-state index contributed by atoms with van der Waals surface area (Å²) in [5.74, 6) is -0.552. The third-order valence-electron chi connectivity index (χ3n) is 3.16. The molecule has 25 heavy (non-hydrogen) atoms. The highest BCUT2D eigenvalue weighted by molar-refractivity contribution is 5.92. The first-order valence-corrected chi connectivity index (χ1v) is 7.32. The number of rotatable bonds is 7. The molecule has 10 nitrogen and oxygen atoms in total. The van der Waals surface area contributed by atoms with Crippen LogP contribution in [0, 0.1) is 10.1 Å². The molecule has 1 heterocycles. The maximum absolute atomic E-state index is 12.0. The van der Waals surface area contributed by atoms with Crippen LogP contribution in [0.1, 0.15) is 13.3 Å². The number of ether oxygens (including phenoxy) is 1. The Hall–Kier alpha value is -3.43. The van der Waals surface area contributed by atoms with Gasteiger partial charge < -0.3 is 15.4 Å². The Kier molecular flexibility index (Phi) is 5.66. The number of amides is 2. The van der Waals surface area contributed by atoms with E-state index >= 15 is 0 Å². The first-order chi connectivity index (χ1) is 11.9. The number of nitrogens with one attached hydrogen (secondary N) is 2. The number of hydrogen-bond donors (Lipinski definition) is 2. The number of nitro groups is 1. The zero-order chi connectivity index (χ0) is 18.4. The number of hydrogen-bond acceptors (Lipinski definition) is 6. The molecule has 0 saturated carbocycles. The van der Waals surface area contributed by atoms with Gasteiger partial charge in [0.2, 0.25) is 11.8 Å². The lowest BCUT2D eigenvalue weighted by Gasteiger charge is -2.07. The molecule has 2 rings (SSSR count). The second-order valence-electron chi connectivity index (χ2n) is 5.10. The maximum Gasteiger partial charge on any atom is 0.350 e. The summed E-state index contributed by atoms with van der Waals surface area (Å²) in [5.41, 5.74) is 0.945. The largest absolute Gasteiger partial charge is 0.475 e. The van der Waals surface area contributed by atoms with Gasteiger partial charge in [-0.3, -0.25) is 24.4 Å². The summed E-state index contributed by atoms with van der Waals surface area (Å²) >= 11 is 0. The predicted molar refractivity (Wildman–Crippen MR) is 89.4 cm³/mol. The molecule has 0 unspecified atom stereocenters. The molecule has 0 aliphatic rings. The molecule has 2 aromatic rings. The van der Waals surface area contributed by atoms with Crippen LogP contribution in [-0.2, 0) is 16.1 Å². The van der Waals surface area contributed by atoms with E-state index in [-0.39, 0.29) is 36.3 Å². The van der Waals surface area contributed by atoms with Gasteiger partial charge in [-0.25, -0.2) is 0 Å². The fourth-order valence-corrected chi connectivity index (χ4v) is 2.06. The smallest absolute Gasteiger partial charge is 0.350 e. The molecule has 0 aliphatic heterocycles. The van der Waals surface area contributed by atoms with Gasteiger partial charge in [0.15, 0.2) is 0 Å². The van der Waals surface area contributed by atoms with E-state index in [2.05, 4.69) is 15.7 Å². The summed E-state index contributed by atoms with van der Waals surface area (Å²) < 4.78 is 6.11. The molecule has 1 aromatic heterocycles. The van der Waals surface area contributed by atoms with E-state index in [0.29, 0.717) is 11.4 Å². The van der Waals surface area contributed by atoms with E-state index in [1.807, 2.05) is 0 Å². The molecular formula is C15H17N5O5. The minimum absolute atomic E-state index is 0.0788. The van der Waals surface area contributed by atoms with Gasteiger partial charge in [0, 0.05) is 24.7 Å². The summed E-state index contributed by atoms with van der Waals surface area (Å²) in [6.07, 6.45) is 1.30. The van der Waals surface area contributed by atoms with Gasteiger partial charge in [0.25, 0.3) is 0 Å². The van der Waals surface area contributed by atoms with Crippen molar-refractivity contribution < 1.29 is 19.2 Å². The number of methoxy groups -OCH3 is 1. The first kappa shape index (κ1) is 17.9. The van der Waals surface area contributed by atoms with Crippen LogP contribution in [0.5, 0.6) is 5.88 Å². The molecule has 0 spiro atoms. The monoisotopic (exact) mass is 347 g/mol. The van der Waals surface area contributed by atoms with E-state index in [0.717, 1.165) is 0 Å². The van der Waals surface area contributed by atoms with Crippen molar-refractivity contribution in [2.24, 2.45) is 0 Å². The van der Waals surface area contributed by atoms with Gasteiger partial charge in [0.1, 0.15) is 6.20 Å². The van der Waals surface area contributed by atoms with E-state index in [4.69, 9.17) is 4.74 Å². The van der Waals surface area contributed by atoms with Gasteiger partial charge in [-0.1, -0.05) is 0 Å². The topological polar surface area (TPSA) is 128 Å². The molecule has 0 bridgehead atoms. The third-order valence-corrected chi connectivity index (χ3v) is 3.16. The molecular weight excluding hydrogens is 330 g/mol. The van der Waals surface area contributed by atoms with E-state index in [1.54, 1.807) is 24.3 Å². The average Bonchev–Trinajstić information content (AvgIpc) is 2.98. The molecule has 0 atom stereocenters. The van der Waals surface area contributed by atoms with Crippen LogP contribution >= 0.6 is 0 Å². The number of anilines is 2. The van der Waals surface area contributed by atoms with Crippen LogP contribution < -0.4 is 15.4 Å². The fraction of sp³-hybridized carbons (Fsp3) is 0.267. The summed E-state index contributed by atoms with van der Waals surface area (Å²) in [6, 6.07) is 6.65. The maximum atomic E-state index is 12.0. The Morgan fingerprint density at radius 3 is 2.32 bits per heavy atom. The zero-order valence-electron chi connectivity index (χ0n) is 13.7. The predicted octanol–water partition coefficient (Wildman–Crippen LogP) is 1.79. The Morgan fingerprint density at radius 1 is 1.24 bits per heavy atom. The Labute approximate surface area is 142 Å². The van der Waals surface area contributed by atoms with Gasteiger partial charge in [-0.05, 0) is 24.3 Å². The highest BCUT2D eigenvalue weighted by Gasteiger charge is 2.20. The van der Waals surface area contributed by atoms with Crippen molar-refractivity contribution in [3.05, 3.63) is 40.6 Å². The fourth-order valence-electron chi connectivity index (χ4n) is 2.06. The molecule has 10 heteroatoms. The Balaban J connectivity index is 1.90. The standard InChI is InChI=1S/C15H17N5O5/c1-10(21)16-11-3-5-12(6-4-11)17-14(22)7-8-19-9-13(20(23)24)15(18-19)25-2/h3-6,9H,7-8H2,1-2H3,(H,16,21)(H,17,22). The molecule has 0 saturated heterocycles. The van der Waals surface area contributed by atoms with Crippen molar-refractivity contribution in [3.63, 3.8) is 0 Å². The number of aromatic nitrogens is 2. The van der Waals surface area contributed by atoms with Crippen LogP contribution in [0.25, 0.3) is 0 Å². The van der Waals surface area contributed by atoms with Crippen LogP contribution in [0.3, 0.4) is 0 Å². The van der Waals surface area contributed by atoms with Crippen LogP contribution in [0.4, 0.5) is 17.1 Å². The van der Waals surface area contributed by atoms with E-state index in [9.17, 15) is 19.7 Å². The van der Waals surface area contributed by atoms with Crippen molar-refractivity contribution >= 4 is 28.9 Å². The number of carbonyl (C=O) groups excluding carboxylic acids is 2. The number of nitrogens with zero attached hydrogens (tertiary/aromatic N) is 3. The summed E-state index contributed by atoms with van der Waals surface area (Å²) in [7, 11) is 1.29. The molecule has 0 fully saturated rings. The zero-order valence-corrected chi connectivity index (χ0v) is 13.7. The van der Waals surface area contributed by atoms with Gasteiger partial charge in [-0.15, -0.1) is 5.10 Å². The van der Waals surface area contributed by atoms with Crippen molar-refractivity contribution in [2.45, 2.75) is 19.9 Å². The normalized spacial score (nSPS) is 10.2. The summed E-state index contributed by atoms with van der Waals surface area (Å²) in [5, 5.41) is 20.1. The third kappa shape index (κ3) is 5.03. The minimum atomic E-state index is -0.598. The van der Waals surface area contributed by atoms with Crippen molar-refractivity contribution in [3.8, 4) is 5.88 Å². The summed E-state index contributed by atoms with van der Waals surface area (Å²) in [4.78, 5) is 33.1. The molecule has 2 amide bonds. The van der Waals surface area contributed by atoms with Crippen LogP contribution in [0.2, 0.25) is 0 Å². The SMILES string of the molecule is COc1nn(CCC(=O)Nc2ccc(NC(C)=O)cc2)cc1[N+](=O)[O-]. The van der Waals surface area contributed by atoms with Crippen molar-refractivity contribution in [1.82, 2.24) is 9.78 Å². The lowest BCUT2D eigenvalue weighted by Crippen LogP contribution is -2.15. The highest BCUT2D eigenvalue weighted by Crippen LogP contribution is 2.24. The second kappa shape index (κ2) is 7.90. The van der Waals surface area contributed by atoms with Crippen molar-refractivity contribution in [2.75, 3.05) is 17.7 Å². The highest BCUT2D eigenvalue weighted by atomic mass is 16.6. The number of benzene rings is 1. The second-order valence-corrected chi connectivity index (χ2v) is 5.10. The number of carbonyl (C=O) groups is 2. The number of aryl methyl sites for hydroxylation is 1.